The maximum atomic E-state index is 12.7. The van der Waals surface area contributed by atoms with E-state index in [2.05, 4.69) is 5.32 Å². The first kappa shape index (κ1) is 17.3. The van der Waals surface area contributed by atoms with Crippen molar-refractivity contribution in [3.63, 3.8) is 0 Å². The van der Waals surface area contributed by atoms with Crippen LogP contribution in [0, 0.1) is 0 Å². The van der Waals surface area contributed by atoms with Gasteiger partial charge in [0.2, 0.25) is 0 Å². The molecule has 5 nitrogen and oxygen atoms in total. The van der Waals surface area contributed by atoms with Crippen molar-refractivity contribution in [1.29, 1.82) is 0 Å². The van der Waals surface area contributed by atoms with E-state index in [1.165, 1.54) is 6.07 Å². The molecule has 1 amide bonds. The molecule has 0 heterocycles. The fraction of sp³-hybridized carbons (Fsp3) is 0.417. The van der Waals surface area contributed by atoms with Crippen LogP contribution >= 0.6 is 0 Å². The molecule has 0 atom stereocenters. The van der Waals surface area contributed by atoms with E-state index >= 15 is 0 Å². The number of alkyl halides is 3. The highest BCUT2D eigenvalue weighted by Gasteiger charge is 2.34. The van der Waals surface area contributed by atoms with Gasteiger partial charge < -0.3 is 11.1 Å². The van der Waals surface area contributed by atoms with Gasteiger partial charge in [-0.1, -0.05) is 6.07 Å². The quantitative estimate of drug-likeness (QED) is 0.634. The maximum absolute atomic E-state index is 12.7. The molecule has 0 aliphatic heterocycles. The van der Waals surface area contributed by atoms with Crippen molar-refractivity contribution in [3.05, 3.63) is 29.3 Å². The lowest BCUT2D eigenvalue weighted by atomic mass is 10.1. The largest absolute Gasteiger partial charge is 0.418 e. The molecule has 0 aromatic heterocycles. The second kappa shape index (κ2) is 6.33. The molecule has 0 unspecified atom stereocenters. The fourth-order valence-corrected chi connectivity index (χ4v) is 2.31. The third-order valence-corrected chi connectivity index (χ3v) is 3.66. The molecule has 21 heavy (non-hydrogen) atoms. The van der Waals surface area contributed by atoms with Crippen LogP contribution in [0.1, 0.15) is 22.3 Å². The zero-order valence-corrected chi connectivity index (χ0v) is 12.0. The summed E-state index contributed by atoms with van der Waals surface area (Å²) in [5, 5.41) is 2.34. The van der Waals surface area contributed by atoms with E-state index in [-0.39, 0.29) is 24.3 Å². The zero-order chi connectivity index (χ0) is 16.3. The molecular formula is C12H15F3N2O3S. The summed E-state index contributed by atoms with van der Waals surface area (Å²) in [6, 6.07) is 3.05. The molecule has 118 valence electrons. The molecule has 1 rings (SSSR count). The predicted octanol–water partition coefficient (Wildman–Crippen LogP) is 1.45. The van der Waals surface area contributed by atoms with Gasteiger partial charge in [0.1, 0.15) is 9.84 Å². The van der Waals surface area contributed by atoms with E-state index in [0.717, 1.165) is 18.4 Å². The SMILES string of the molecule is CS(=O)(=O)CCCNC(=O)c1cccc(C(F)(F)F)c1N. The summed E-state index contributed by atoms with van der Waals surface area (Å²) < 4.78 is 59.7. The smallest absolute Gasteiger partial charge is 0.398 e. The van der Waals surface area contributed by atoms with E-state index in [9.17, 15) is 26.4 Å². The maximum Gasteiger partial charge on any atom is 0.418 e. The number of nitrogen functional groups attached to an aromatic ring is 1. The highest BCUT2D eigenvalue weighted by Crippen LogP contribution is 2.34. The third kappa shape index (κ3) is 5.25. The van der Waals surface area contributed by atoms with Crippen LogP contribution in [0.15, 0.2) is 18.2 Å². The topological polar surface area (TPSA) is 89.3 Å². The van der Waals surface area contributed by atoms with Crippen molar-refractivity contribution >= 4 is 21.4 Å². The molecule has 0 bridgehead atoms. The van der Waals surface area contributed by atoms with Crippen molar-refractivity contribution in [2.24, 2.45) is 0 Å². The van der Waals surface area contributed by atoms with Crippen LogP contribution in [0.5, 0.6) is 0 Å². The standard InChI is InChI=1S/C12H15F3N2O3S/c1-21(19,20)7-3-6-17-11(18)8-4-2-5-9(10(8)16)12(13,14)15/h2,4-5H,3,6-7,16H2,1H3,(H,17,18). The monoisotopic (exact) mass is 324 g/mol. The minimum atomic E-state index is -4.64. The lowest BCUT2D eigenvalue weighted by Crippen LogP contribution is -2.27. The molecule has 9 heteroatoms. The lowest BCUT2D eigenvalue weighted by molar-refractivity contribution is -0.136. The fourth-order valence-electron chi connectivity index (χ4n) is 1.64. The van der Waals surface area contributed by atoms with E-state index in [1.807, 2.05) is 0 Å². The first-order valence-corrected chi connectivity index (χ1v) is 8.00. The number of halogens is 3. The van der Waals surface area contributed by atoms with Crippen molar-refractivity contribution in [2.45, 2.75) is 12.6 Å². The van der Waals surface area contributed by atoms with Gasteiger partial charge in [0.25, 0.3) is 5.91 Å². The van der Waals surface area contributed by atoms with Crippen LogP contribution in [0.4, 0.5) is 18.9 Å². The van der Waals surface area contributed by atoms with Gasteiger partial charge in [0, 0.05) is 12.8 Å². The zero-order valence-electron chi connectivity index (χ0n) is 11.2. The van der Waals surface area contributed by atoms with Crippen LogP contribution in [0.25, 0.3) is 0 Å². The number of nitrogens with one attached hydrogen (secondary N) is 1. The number of para-hydroxylation sites is 1. The predicted molar refractivity (Wildman–Crippen MR) is 72.5 cm³/mol. The number of benzene rings is 1. The number of hydrogen-bond donors (Lipinski definition) is 2. The summed E-state index contributed by atoms with van der Waals surface area (Å²) in [4.78, 5) is 11.8. The molecule has 0 saturated carbocycles. The van der Waals surface area contributed by atoms with Crippen LogP contribution in [-0.4, -0.2) is 32.9 Å². The Morgan fingerprint density at radius 2 is 1.95 bits per heavy atom. The highest BCUT2D eigenvalue weighted by molar-refractivity contribution is 7.90. The van der Waals surface area contributed by atoms with Gasteiger partial charge >= 0.3 is 6.18 Å². The number of carbonyl (C=O) groups is 1. The van der Waals surface area contributed by atoms with Crippen molar-refractivity contribution in [1.82, 2.24) is 5.32 Å². The van der Waals surface area contributed by atoms with E-state index in [4.69, 9.17) is 5.73 Å². The van der Waals surface area contributed by atoms with Crippen molar-refractivity contribution in [3.8, 4) is 0 Å². The normalized spacial score (nSPS) is 12.2. The van der Waals surface area contributed by atoms with Gasteiger partial charge in [-0.25, -0.2) is 8.42 Å². The van der Waals surface area contributed by atoms with Gasteiger partial charge in [0.05, 0.1) is 22.6 Å². The molecule has 0 fully saturated rings. The van der Waals surface area contributed by atoms with Crippen LogP contribution in [0.2, 0.25) is 0 Å². The molecule has 0 radical (unpaired) electrons. The Balaban J connectivity index is 2.76. The van der Waals surface area contributed by atoms with Gasteiger partial charge in [-0.05, 0) is 18.6 Å². The molecular weight excluding hydrogens is 309 g/mol. The van der Waals surface area contributed by atoms with Crippen molar-refractivity contribution < 1.29 is 26.4 Å². The second-order valence-electron chi connectivity index (χ2n) is 4.50. The van der Waals surface area contributed by atoms with Gasteiger partial charge in [0.15, 0.2) is 0 Å². The van der Waals surface area contributed by atoms with Crippen LogP contribution in [0.3, 0.4) is 0 Å². The van der Waals surface area contributed by atoms with Gasteiger partial charge in [-0.3, -0.25) is 4.79 Å². The van der Waals surface area contributed by atoms with Crippen LogP contribution < -0.4 is 11.1 Å². The number of anilines is 1. The van der Waals surface area contributed by atoms with E-state index < -0.39 is 33.2 Å². The average Bonchev–Trinajstić information content (AvgIpc) is 2.32. The molecule has 1 aromatic rings. The molecule has 3 N–H and O–H groups in total. The van der Waals surface area contributed by atoms with Gasteiger partial charge in [-0.15, -0.1) is 0 Å². The number of carbonyl (C=O) groups excluding carboxylic acids is 1. The second-order valence-corrected chi connectivity index (χ2v) is 6.76. The van der Waals surface area contributed by atoms with Crippen LogP contribution in [-0.2, 0) is 16.0 Å². The summed E-state index contributed by atoms with van der Waals surface area (Å²) in [5.41, 5.74) is 3.35. The minimum Gasteiger partial charge on any atom is -0.398 e. The Bertz CT molecular complexity index is 627. The summed E-state index contributed by atoms with van der Waals surface area (Å²) in [6.07, 6.45) is -3.42. The lowest BCUT2D eigenvalue weighted by Gasteiger charge is -2.13. The molecule has 0 aliphatic carbocycles. The van der Waals surface area contributed by atoms with Crippen molar-refractivity contribution in [2.75, 3.05) is 24.3 Å². The summed E-state index contributed by atoms with van der Waals surface area (Å²) in [6.45, 7) is 0.0294. The number of nitrogens with two attached hydrogens (primary N) is 1. The summed E-state index contributed by atoms with van der Waals surface area (Å²) in [7, 11) is -3.15. The first-order valence-electron chi connectivity index (χ1n) is 5.94. The number of sulfone groups is 1. The Labute approximate surface area is 120 Å². The number of rotatable bonds is 5. The summed E-state index contributed by atoms with van der Waals surface area (Å²) >= 11 is 0. The average molecular weight is 324 g/mol. The molecule has 1 aromatic carbocycles. The van der Waals surface area contributed by atoms with Gasteiger partial charge in [-0.2, -0.15) is 13.2 Å². The Kier molecular flexibility index (Phi) is 5.21. The number of hydrogen-bond acceptors (Lipinski definition) is 4. The third-order valence-electron chi connectivity index (χ3n) is 2.63. The highest BCUT2D eigenvalue weighted by atomic mass is 32.2. The first-order chi connectivity index (χ1) is 9.52. The van der Waals surface area contributed by atoms with E-state index in [1.54, 1.807) is 0 Å². The molecule has 0 spiro atoms. The molecule has 0 aliphatic rings. The van der Waals surface area contributed by atoms with E-state index in [0.29, 0.717) is 0 Å². The summed E-state index contributed by atoms with van der Waals surface area (Å²) in [5.74, 6) is -0.891. The molecule has 0 saturated heterocycles. The Hall–Kier alpha value is -1.77. The Morgan fingerprint density at radius 3 is 2.48 bits per heavy atom. The number of amides is 1. The Morgan fingerprint density at radius 1 is 1.33 bits per heavy atom. The minimum absolute atomic E-state index is 0.0294.